The first-order chi connectivity index (χ1) is 3.27. The highest BCUT2D eigenvalue weighted by atomic mass is 128. The summed E-state index contributed by atoms with van der Waals surface area (Å²) in [7, 11) is 0. The molecule has 0 saturated carbocycles. The third-order valence-corrected chi connectivity index (χ3v) is 0.272. The van der Waals surface area contributed by atoms with E-state index in [1.165, 1.54) is 0 Å². The van der Waals surface area contributed by atoms with E-state index in [0.717, 1.165) is 6.29 Å². The minimum absolute atomic E-state index is 0.204. The van der Waals surface area contributed by atoms with Crippen LogP contribution in [0.5, 0.6) is 0 Å². The van der Waals surface area contributed by atoms with Crippen LogP contribution >= 0.6 is 37.2 Å². The first-order valence-electron chi connectivity index (χ1n) is 1.87. The van der Waals surface area contributed by atoms with E-state index >= 15 is 0 Å². The molecular formula is C4H8I2O. The van der Waals surface area contributed by atoms with Crippen LogP contribution in [0.2, 0.25) is 0 Å². The number of rotatable bonds is 1. The molecule has 0 aliphatic heterocycles. The van der Waals surface area contributed by atoms with E-state index in [1.54, 1.807) is 0 Å². The van der Waals surface area contributed by atoms with Crippen LogP contribution in [0.1, 0.15) is 13.8 Å². The van der Waals surface area contributed by atoms with E-state index in [4.69, 9.17) is 0 Å². The second kappa shape index (κ2) is 10.2. The Balaban J connectivity index is 0. The Kier molecular flexibility index (Phi) is 16.0. The number of hydrogen-bond donors (Lipinski definition) is 0. The van der Waals surface area contributed by atoms with E-state index in [9.17, 15) is 4.79 Å². The number of carbonyl (C=O) groups is 1. The molecule has 0 heterocycles. The van der Waals surface area contributed by atoms with E-state index in [2.05, 4.69) is 37.2 Å². The van der Waals surface area contributed by atoms with Crippen LogP contribution in [0.4, 0.5) is 0 Å². The van der Waals surface area contributed by atoms with Crippen LogP contribution in [0.3, 0.4) is 0 Å². The Labute approximate surface area is 67.6 Å². The van der Waals surface area contributed by atoms with E-state index in [-0.39, 0.29) is 5.92 Å². The highest BCUT2D eigenvalue weighted by Crippen LogP contribution is 1.89. The van der Waals surface area contributed by atoms with Crippen molar-refractivity contribution in [1.29, 1.82) is 0 Å². The lowest BCUT2D eigenvalue weighted by Gasteiger charge is -1.78. The van der Waals surface area contributed by atoms with Crippen molar-refractivity contribution in [2.45, 2.75) is 13.8 Å². The van der Waals surface area contributed by atoms with Gasteiger partial charge in [0.2, 0.25) is 0 Å². The summed E-state index contributed by atoms with van der Waals surface area (Å²) in [6.45, 7) is 3.71. The van der Waals surface area contributed by atoms with E-state index < -0.39 is 0 Å². The van der Waals surface area contributed by atoms with Crippen molar-refractivity contribution in [1.82, 2.24) is 0 Å². The van der Waals surface area contributed by atoms with E-state index in [1.807, 2.05) is 13.8 Å². The van der Waals surface area contributed by atoms with Gasteiger partial charge in [0.25, 0.3) is 0 Å². The highest BCUT2D eigenvalue weighted by Gasteiger charge is 1.79. The fourth-order valence-electron chi connectivity index (χ4n) is 0. The summed E-state index contributed by atoms with van der Waals surface area (Å²) in [4.78, 5) is 9.50. The quantitative estimate of drug-likeness (QED) is 0.535. The normalized spacial score (nSPS) is 7.00. The Morgan fingerprint density at radius 3 is 1.57 bits per heavy atom. The predicted molar refractivity (Wildman–Crippen MR) is 48.9 cm³/mol. The molecule has 0 N–H and O–H groups in total. The minimum atomic E-state index is 0.204. The topological polar surface area (TPSA) is 17.1 Å². The van der Waals surface area contributed by atoms with Gasteiger partial charge in [-0.1, -0.05) is 13.8 Å². The van der Waals surface area contributed by atoms with Gasteiger partial charge >= 0.3 is 0 Å². The molecule has 0 aliphatic carbocycles. The Morgan fingerprint density at radius 1 is 1.43 bits per heavy atom. The van der Waals surface area contributed by atoms with Crippen LogP contribution in [0, 0.1) is 5.92 Å². The molecule has 0 aromatic carbocycles. The van der Waals surface area contributed by atoms with Crippen molar-refractivity contribution >= 4 is 43.5 Å². The van der Waals surface area contributed by atoms with Gasteiger partial charge in [-0.25, -0.2) is 0 Å². The maximum Gasteiger partial charge on any atom is 0.122 e. The number of halogens is 2. The molecular weight excluding hydrogens is 318 g/mol. The summed E-state index contributed by atoms with van der Waals surface area (Å²) in [5.74, 6) is 0.204. The van der Waals surface area contributed by atoms with Crippen molar-refractivity contribution in [3.8, 4) is 0 Å². The summed E-state index contributed by atoms with van der Waals surface area (Å²) >= 11 is 4.24. The molecule has 3 heteroatoms. The van der Waals surface area contributed by atoms with Crippen LogP contribution in [-0.2, 0) is 4.79 Å². The van der Waals surface area contributed by atoms with Gasteiger partial charge in [0.1, 0.15) is 6.29 Å². The lowest BCUT2D eigenvalue weighted by atomic mass is 10.3. The third-order valence-electron chi connectivity index (χ3n) is 0.272. The first kappa shape index (κ1) is 11.0. The fourth-order valence-corrected chi connectivity index (χ4v) is 0. The van der Waals surface area contributed by atoms with Gasteiger partial charge in [0.05, 0.1) is 0 Å². The molecule has 0 amide bonds. The first-order valence-corrected chi connectivity index (χ1v) is 8.15. The lowest BCUT2D eigenvalue weighted by molar-refractivity contribution is -0.110. The Hall–Kier alpha value is 1.13. The minimum Gasteiger partial charge on any atom is -0.303 e. The van der Waals surface area contributed by atoms with Gasteiger partial charge in [-0.3, -0.25) is 0 Å². The van der Waals surface area contributed by atoms with Crippen molar-refractivity contribution in [3.63, 3.8) is 0 Å². The Bertz CT molecular complexity index is 36.7. The Morgan fingerprint density at radius 2 is 1.57 bits per heavy atom. The molecule has 0 aromatic heterocycles. The van der Waals surface area contributed by atoms with Gasteiger partial charge in [0.15, 0.2) is 0 Å². The zero-order valence-electron chi connectivity index (χ0n) is 4.32. The molecule has 0 atom stereocenters. The van der Waals surface area contributed by atoms with Gasteiger partial charge < -0.3 is 4.79 Å². The second-order valence-corrected chi connectivity index (χ2v) is 1.38. The molecule has 0 aliphatic rings. The molecule has 0 aromatic rings. The molecule has 0 unspecified atom stereocenters. The van der Waals surface area contributed by atoms with Gasteiger partial charge in [-0.05, 0) is 0 Å². The van der Waals surface area contributed by atoms with Crippen molar-refractivity contribution in [3.05, 3.63) is 0 Å². The molecule has 44 valence electrons. The van der Waals surface area contributed by atoms with Crippen LogP contribution in [-0.4, -0.2) is 6.29 Å². The van der Waals surface area contributed by atoms with Crippen molar-refractivity contribution in [2.24, 2.45) is 5.92 Å². The predicted octanol–water partition coefficient (Wildman–Crippen LogP) is 2.61. The van der Waals surface area contributed by atoms with Gasteiger partial charge in [-0.15, -0.1) is 0 Å². The highest BCUT2D eigenvalue weighted by molar-refractivity contribution is 15.0. The average Bonchev–Trinajstić information content (AvgIpc) is 1.73. The molecule has 0 fully saturated rings. The molecule has 7 heavy (non-hydrogen) atoms. The standard InChI is InChI=1S/C4H8O.I2/c1-4(2)3-5;1-2/h3-4H,1-2H3;. The number of aldehydes is 1. The van der Waals surface area contributed by atoms with Crippen LogP contribution in [0.25, 0.3) is 0 Å². The zero-order chi connectivity index (χ0) is 6.28. The zero-order valence-corrected chi connectivity index (χ0v) is 8.63. The second-order valence-electron chi connectivity index (χ2n) is 1.38. The monoisotopic (exact) mass is 326 g/mol. The largest absolute Gasteiger partial charge is 0.303 e. The number of hydrogen-bond acceptors (Lipinski definition) is 1. The molecule has 0 saturated heterocycles. The van der Waals surface area contributed by atoms with Crippen molar-refractivity contribution in [2.75, 3.05) is 0 Å². The van der Waals surface area contributed by atoms with Gasteiger partial charge in [-0.2, -0.15) is 0 Å². The maximum absolute atomic E-state index is 9.50. The summed E-state index contributed by atoms with van der Waals surface area (Å²) in [6.07, 6.45) is 0.917. The van der Waals surface area contributed by atoms with Crippen molar-refractivity contribution < 1.29 is 4.79 Å². The maximum atomic E-state index is 9.50. The molecule has 0 bridgehead atoms. The third kappa shape index (κ3) is 19.2. The SMILES string of the molecule is CC(C)C=O.II. The lowest BCUT2D eigenvalue weighted by Crippen LogP contribution is -1.82. The van der Waals surface area contributed by atoms with E-state index in [0.29, 0.717) is 0 Å². The molecule has 1 nitrogen and oxygen atoms in total. The summed E-state index contributed by atoms with van der Waals surface area (Å²) in [5.41, 5.74) is 0. The molecule has 0 rings (SSSR count). The van der Waals surface area contributed by atoms with Crippen LogP contribution in [0.15, 0.2) is 0 Å². The summed E-state index contributed by atoms with van der Waals surface area (Å²) in [5, 5.41) is 0. The molecule has 0 spiro atoms. The smallest absolute Gasteiger partial charge is 0.122 e. The summed E-state index contributed by atoms with van der Waals surface area (Å²) in [6, 6.07) is 0. The van der Waals surface area contributed by atoms with Gasteiger partial charge in [0, 0.05) is 43.1 Å². The summed E-state index contributed by atoms with van der Waals surface area (Å²) < 4.78 is 0. The molecule has 0 radical (unpaired) electrons. The van der Waals surface area contributed by atoms with Crippen LogP contribution < -0.4 is 0 Å². The fraction of sp³-hybridized carbons (Fsp3) is 0.750. The number of carbonyl (C=O) groups excluding carboxylic acids is 1. The average molecular weight is 326 g/mol.